The number of aliphatic hydroxyl groups is 3. The van der Waals surface area contributed by atoms with Gasteiger partial charge in [0.05, 0.1) is 0 Å². The van der Waals surface area contributed by atoms with E-state index in [0.29, 0.717) is 0 Å². The van der Waals surface area contributed by atoms with Gasteiger partial charge in [-0.1, -0.05) is 0 Å². The van der Waals surface area contributed by atoms with Crippen molar-refractivity contribution in [3.8, 4) is 0 Å². The summed E-state index contributed by atoms with van der Waals surface area (Å²) >= 11 is 0. The molecule has 0 atom stereocenters. The highest BCUT2D eigenvalue weighted by Crippen LogP contribution is 1.89. The minimum absolute atomic E-state index is 1.56. The van der Waals surface area contributed by atoms with Gasteiger partial charge < -0.3 is 15.3 Å². The van der Waals surface area contributed by atoms with Gasteiger partial charge in [0.25, 0.3) is 0 Å². The molecule has 38 valence electrons. The molecule has 4 heteroatoms. The first kappa shape index (κ1) is 5.81. The summed E-state index contributed by atoms with van der Waals surface area (Å²) in [5, 5.41) is 22.7. The summed E-state index contributed by atoms with van der Waals surface area (Å²) in [5.74, 6) is -3.12. The highest BCUT2D eigenvalue weighted by Gasteiger charge is 2.15. The minimum Gasteiger partial charge on any atom is -0.342 e. The fourth-order valence-corrected chi connectivity index (χ4v) is 0. The van der Waals surface area contributed by atoms with E-state index in [-0.39, 0.29) is 0 Å². The van der Waals surface area contributed by atoms with Crippen LogP contribution in [0.4, 0.5) is 4.39 Å². The van der Waals surface area contributed by atoms with Crippen molar-refractivity contribution in [2.45, 2.75) is 5.97 Å². The van der Waals surface area contributed by atoms with Crippen LogP contribution in [0.15, 0.2) is 0 Å². The SMILES string of the molecule is OC(O)(O)CF. The molecule has 0 unspecified atom stereocenters. The van der Waals surface area contributed by atoms with E-state index in [1.807, 2.05) is 0 Å². The van der Waals surface area contributed by atoms with Gasteiger partial charge in [0.2, 0.25) is 0 Å². The van der Waals surface area contributed by atoms with Crippen LogP contribution in [0.2, 0.25) is 0 Å². The van der Waals surface area contributed by atoms with Gasteiger partial charge in [0.1, 0.15) is 0 Å². The molecule has 0 saturated carbocycles. The van der Waals surface area contributed by atoms with E-state index in [1.165, 1.54) is 0 Å². The van der Waals surface area contributed by atoms with E-state index in [1.54, 1.807) is 0 Å². The normalized spacial score (nSPS) is 12.0. The van der Waals surface area contributed by atoms with E-state index in [0.717, 1.165) is 0 Å². The summed E-state index contributed by atoms with van der Waals surface area (Å²) in [6.07, 6.45) is 0. The maximum Gasteiger partial charge on any atom is 0.305 e. The summed E-state index contributed by atoms with van der Waals surface area (Å²) in [6, 6.07) is 0. The van der Waals surface area contributed by atoms with Crippen molar-refractivity contribution in [2.75, 3.05) is 6.67 Å². The molecular weight excluding hydrogens is 91.0 g/mol. The van der Waals surface area contributed by atoms with Gasteiger partial charge in [-0.05, 0) is 0 Å². The average Bonchev–Trinajstić information content (AvgIpc) is 1.35. The molecular formula is C2H5FO3. The van der Waals surface area contributed by atoms with Crippen molar-refractivity contribution >= 4 is 0 Å². The molecule has 0 heterocycles. The second kappa shape index (κ2) is 1.51. The van der Waals surface area contributed by atoms with Crippen LogP contribution in [0.5, 0.6) is 0 Å². The Morgan fingerprint density at radius 2 is 1.50 bits per heavy atom. The average molecular weight is 96.1 g/mol. The standard InChI is InChI=1S/C2H5FO3/c3-1-2(4,5)6/h4-6H,1H2. The van der Waals surface area contributed by atoms with Gasteiger partial charge in [-0.3, -0.25) is 0 Å². The molecule has 0 aromatic rings. The molecule has 0 fully saturated rings. The Morgan fingerprint density at radius 1 is 1.33 bits per heavy atom. The number of alkyl halides is 1. The quantitative estimate of drug-likeness (QED) is 0.351. The van der Waals surface area contributed by atoms with Gasteiger partial charge in [-0.15, -0.1) is 0 Å². The van der Waals surface area contributed by atoms with Crippen molar-refractivity contribution in [2.24, 2.45) is 0 Å². The lowest BCUT2D eigenvalue weighted by Gasteiger charge is -2.05. The predicted octanol–water partition coefficient (Wildman–Crippen LogP) is -1.41. The molecule has 0 amide bonds. The molecule has 0 aliphatic carbocycles. The van der Waals surface area contributed by atoms with Crippen molar-refractivity contribution < 1.29 is 19.7 Å². The van der Waals surface area contributed by atoms with Crippen molar-refractivity contribution in [1.29, 1.82) is 0 Å². The van der Waals surface area contributed by atoms with Crippen LogP contribution in [0, 0.1) is 0 Å². The third kappa shape index (κ3) is 3.81. The van der Waals surface area contributed by atoms with Crippen LogP contribution in [0.25, 0.3) is 0 Å². The molecule has 0 aromatic carbocycles. The Balaban J connectivity index is 3.17. The Labute approximate surface area is 33.7 Å². The zero-order valence-corrected chi connectivity index (χ0v) is 2.93. The number of halogens is 1. The van der Waals surface area contributed by atoms with E-state index in [9.17, 15) is 4.39 Å². The van der Waals surface area contributed by atoms with E-state index in [4.69, 9.17) is 15.3 Å². The Morgan fingerprint density at radius 3 is 1.50 bits per heavy atom. The number of hydrogen-bond donors (Lipinski definition) is 3. The van der Waals surface area contributed by atoms with Crippen LogP contribution in [-0.4, -0.2) is 28.0 Å². The second-order valence-corrected chi connectivity index (χ2v) is 0.908. The Hall–Kier alpha value is -0.190. The Bertz CT molecular complexity index is 38.5. The zero-order valence-electron chi connectivity index (χ0n) is 2.93. The molecule has 0 spiro atoms. The summed E-state index contributed by atoms with van der Waals surface area (Å²) in [7, 11) is 0. The topological polar surface area (TPSA) is 60.7 Å². The van der Waals surface area contributed by atoms with Crippen LogP contribution < -0.4 is 0 Å². The Kier molecular flexibility index (Phi) is 1.46. The van der Waals surface area contributed by atoms with Gasteiger partial charge in [-0.25, -0.2) is 4.39 Å². The number of hydrogen-bond acceptors (Lipinski definition) is 3. The van der Waals surface area contributed by atoms with Crippen LogP contribution in [-0.2, 0) is 0 Å². The fourth-order valence-electron chi connectivity index (χ4n) is 0. The van der Waals surface area contributed by atoms with Gasteiger partial charge in [0, 0.05) is 0 Å². The first-order chi connectivity index (χ1) is 2.56. The van der Waals surface area contributed by atoms with Crippen LogP contribution >= 0.6 is 0 Å². The number of rotatable bonds is 1. The van der Waals surface area contributed by atoms with E-state index >= 15 is 0 Å². The van der Waals surface area contributed by atoms with Crippen molar-refractivity contribution in [3.05, 3.63) is 0 Å². The molecule has 0 rings (SSSR count). The first-order valence-electron chi connectivity index (χ1n) is 1.29. The monoisotopic (exact) mass is 96.0 g/mol. The molecule has 3 nitrogen and oxygen atoms in total. The van der Waals surface area contributed by atoms with E-state index in [2.05, 4.69) is 0 Å². The molecule has 0 saturated heterocycles. The van der Waals surface area contributed by atoms with Crippen LogP contribution in [0.1, 0.15) is 0 Å². The predicted molar refractivity (Wildman–Crippen MR) is 15.4 cm³/mol. The molecule has 0 aliphatic rings. The second-order valence-electron chi connectivity index (χ2n) is 0.908. The summed E-state index contributed by atoms with van der Waals surface area (Å²) in [4.78, 5) is 0. The molecule has 6 heavy (non-hydrogen) atoms. The summed E-state index contributed by atoms with van der Waals surface area (Å²) < 4.78 is 10.8. The van der Waals surface area contributed by atoms with Gasteiger partial charge in [0.15, 0.2) is 6.67 Å². The molecule has 0 aliphatic heterocycles. The van der Waals surface area contributed by atoms with Crippen molar-refractivity contribution in [1.82, 2.24) is 0 Å². The molecule has 0 bridgehead atoms. The summed E-state index contributed by atoms with van der Waals surface area (Å²) in [6.45, 7) is -1.56. The van der Waals surface area contributed by atoms with Crippen molar-refractivity contribution in [3.63, 3.8) is 0 Å². The first-order valence-corrected chi connectivity index (χ1v) is 1.29. The third-order valence-corrected chi connectivity index (χ3v) is 0.179. The maximum atomic E-state index is 10.8. The van der Waals surface area contributed by atoms with Crippen LogP contribution in [0.3, 0.4) is 0 Å². The smallest absolute Gasteiger partial charge is 0.305 e. The lowest BCUT2D eigenvalue weighted by atomic mass is 10.6. The maximum absolute atomic E-state index is 10.8. The minimum atomic E-state index is -3.12. The summed E-state index contributed by atoms with van der Waals surface area (Å²) in [5.41, 5.74) is 0. The molecule has 0 aromatic heterocycles. The highest BCUT2D eigenvalue weighted by atomic mass is 19.1. The fraction of sp³-hybridized carbons (Fsp3) is 1.00. The lowest BCUT2D eigenvalue weighted by Crippen LogP contribution is -2.29. The lowest BCUT2D eigenvalue weighted by molar-refractivity contribution is -0.316. The molecule has 3 N–H and O–H groups in total. The largest absolute Gasteiger partial charge is 0.342 e. The van der Waals surface area contributed by atoms with Gasteiger partial charge in [-0.2, -0.15) is 0 Å². The third-order valence-electron chi connectivity index (χ3n) is 0.179. The van der Waals surface area contributed by atoms with E-state index < -0.39 is 12.6 Å². The zero-order chi connectivity index (χ0) is 5.21. The van der Waals surface area contributed by atoms with Gasteiger partial charge >= 0.3 is 5.97 Å². The molecule has 0 radical (unpaired) electrons. The highest BCUT2D eigenvalue weighted by molar-refractivity contribution is 4.36.